The van der Waals surface area contributed by atoms with Crippen molar-refractivity contribution < 1.29 is 4.74 Å². The number of hydrogen-bond donors (Lipinski definition) is 0. The van der Waals surface area contributed by atoms with E-state index in [9.17, 15) is 0 Å². The fraction of sp³-hybridized carbons (Fsp3) is 0.381. The zero-order valence-corrected chi connectivity index (χ0v) is 15.4. The molecule has 1 aliphatic rings. The first-order valence-corrected chi connectivity index (χ1v) is 9.23. The van der Waals surface area contributed by atoms with Gasteiger partial charge in [0.2, 0.25) is 0 Å². The molecule has 0 N–H and O–H groups in total. The van der Waals surface area contributed by atoms with Crippen molar-refractivity contribution in [2.45, 2.75) is 26.7 Å². The van der Waals surface area contributed by atoms with E-state index >= 15 is 0 Å². The Kier molecular flexibility index (Phi) is 4.69. The van der Waals surface area contributed by atoms with Gasteiger partial charge in [-0.25, -0.2) is 0 Å². The van der Waals surface area contributed by atoms with Gasteiger partial charge in [0.25, 0.3) is 0 Å². The van der Waals surface area contributed by atoms with Crippen LogP contribution in [-0.2, 0) is 0 Å². The molecular weight excluding hydrogens is 324 g/mol. The normalized spacial score (nSPS) is 17.5. The molecule has 0 spiro atoms. The summed E-state index contributed by atoms with van der Waals surface area (Å²) in [7, 11) is 0. The second-order valence-corrected chi connectivity index (χ2v) is 7.05. The largest absolute Gasteiger partial charge is 0.493 e. The minimum atomic E-state index is 0.485. The van der Waals surface area contributed by atoms with Crippen molar-refractivity contribution in [2.24, 2.45) is 5.92 Å². The van der Waals surface area contributed by atoms with Crippen molar-refractivity contribution in [3.8, 4) is 5.75 Å². The highest BCUT2D eigenvalue weighted by Crippen LogP contribution is 2.29. The molecule has 0 amide bonds. The standard InChI is InChI=1S/C21H24N4O/c1-15-12-18(9-10-22-15)26-14-17-6-5-11-25(13-17)21-20-8-4-3-7-19(20)16(2)23-24-21/h3-4,7-10,12,17H,5-6,11,13-14H2,1-2H3. The zero-order valence-electron chi connectivity index (χ0n) is 15.4. The Bertz CT molecular complexity index is 911. The smallest absolute Gasteiger partial charge is 0.159 e. The van der Waals surface area contributed by atoms with Crippen LogP contribution in [0.4, 0.5) is 5.82 Å². The lowest BCUT2D eigenvalue weighted by Gasteiger charge is -2.33. The summed E-state index contributed by atoms with van der Waals surface area (Å²) in [5.74, 6) is 2.38. The quantitative estimate of drug-likeness (QED) is 0.715. The number of hydrogen-bond acceptors (Lipinski definition) is 5. The Hall–Kier alpha value is -2.69. The third-order valence-electron chi connectivity index (χ3n) is 5.02. The molecule has 5 heteroatoms. The number of fused-ring (bicyclic) bond motifs is 1. The molecular formula is C21H24N4O. The number of ether oxygens (including phenoxy) is 1. The summed E-state index contributed by atoms with van der Waals surface area (Å²) in [5.41, 5.74) is 1.96. The predicted octanol–water partition coefficient (Wildman–Crippen LogP) is 3.94. The molecule has 3 aromatic rings. The van der Waals surface area contributed by atoms with Crippen LogP contribution >= 0.6 is 0 Å². The Morgan fingerprint density at radius 2 is 1.96 bits per heavy atom. The summed E-state index contributed by atoms with van der Waals surface area (Å²) in [5, 5.41) is 11.3. The molecule has 26 heavy (non-hydrogen) atoms. The molecule has 0 aliphatic carbocycles. The van der Waals surface area contributed by atoms with Crippen molar-refractivity contribution in [1.82, 2.24) is 15.2 Å². The fourth-order valence-corrected chi connectivity index (χ4v) is 3.67. The molecule has 4 rings (SSSR count). The van der Waals surface area contributed by atoms with E-state index in [4.69, 9.17) is 4.74 Å². The van der Waals surface area contributed by atoms with E-state index in [1.807, 2.05) is 26.0 Å². The van der Waals surface area contributed by atoms with Crippen molar-refractivity contribution in [1.29, 1.82) is 0 Å². The molecule has 1 unspecified atom stereocenters. The Labute approximate surface area is 154 Å². The number of benzene rings is 1. The van der Waals surface area contributed by atoms with Crippen LogP contribution in [0, 0.1) is 19.8 Å². The van der Waals surface area contributed by atoms with E-state index in [0.717, 1.165) is 49.1 Å². The molecule has 1 saturated heterocycles. The number of aromatic nitrogens is 3. The highest BCUT2D eigenvalue weighted by Gasteiger charge is 2.23. The third-order valence-corrected chi connectivity index (χ3v) is 5.02. The highest BCUT2D eigenvalue weighted by molar-refractivity contribution is 5.93. The van der Waals surface area contributed by atoms with Crippen LogP contribution in [0.1, 0.15) is 24.2 Å². The van der Waals surface area contributed by atoms with Crippen molar-refractivity contribution in [3.05, 3.63) is 54.0 Å². The maximum absolute atomic E-state index is 6.01. The third kappa shape index (κ3) is 3.47. The van der Waals surface area contributed by atoms with Crippen LogP contribution in [0.2, 0.25) is 0 Å². The SMILES string of the molecule is Cc1cc(OCC2CCCN(c3nnc(C)c4ccccc34)C2)ccn1. The van der Waals surface area contributed by atoms with Gasteiger partial charge in [0.15, 0.2) is 5.82 Å². The van der Waals surface area contributed by atoms with Crippen LogP contribution in [-0.4, -0.2) is 34.9 Å². The molecule has 1 fully saturated rings. The minimum absolute atomic E-state index is 0.485. The molecule has 0 bridgehead atoms. The molecule has 0 saturated carbocycles. The maximum atomic E-state index is 6.01. The number of anilines is 1. The van der Waals surface area contributed by atoms with Crippen LogP contribution in [0.5, 0.6) is 5.75 Å². The van der Waals surface area contributed by atoms with Gasteiger partial charge in [0.1, 0.15) is 5.75 Å². The maximum Gasteiger partial charge on any atom is 0.159 e. The second kappa shape index (κ2) is 7.28. The lowest BCUT2D eigenvalue weighted by molar-refractivity contribution is 0.228. The highest BCUT2D eigenvalue weighted by atomic mass is 16.5. The van der Waals surface area contributed by atoms with Crippen LogP contribution in [0.25, 0.3) is 10.8 Å². The van der Waals surface area contributed by atoms with E-state index in [1.165, 1.54) is 17.2 Å². The fourth-order valence-electron chi connectivity index (χ4n) is 3.67. The van der Waals surface area contributed by atoms with E-state index in [1.54, 1.807) is 6.20 Å². The second-order valence-electron chi connectivity index (χ2n) is 7.05. The first kappa shape index (κ1) is 16.8. The van der Waals surface area contributed by atoms with Crippen molar-refractivity contribution in [2.75, 3.05) is 24.6 Å². The van der Waals surface area contributed by atoms with Gasteiger partial charge in [-0.15, -0.1) is 5.10 Å². The lowest BCUT2D eigenvalue weighted by Crippen LogP contribution is -2.38. The minimum Gasteiger partial charge on any atom is -0.493 e. The van der Waals surface area contributed by atoms with Crippen molar-refractivity contribution in [3.63, 3.8) is 0 Å². The van der Waals surface area contributed by atoms with Crippen molar-refractivity contribution >= 4 is 16.6 Å². The molecule has 1 aromatic carbocycles. The van der Waals surface area contributed by atoms with Crippen LogP contribution < -0.4 is 9.64 Å². The Balaban J connectivity index is 1.50. The van der Waals surface area contributed by atoms with E-state index < -0.39 is 0 Å². The topological polar surface area (TPSA) is 51.1 Å². The Morgan fingerprint density at radius 3 is 2.81 bits per heavy atom. The summed E-state index contributed by atoms with van der Waals surface area (Å²) in [6.45, 7) is 6.69. The van der Waals surface area contributed by atoms with Gasteiger partial charge < -0.3 is 9.64 Å². The van der Waals surface area contributed by atoms with Gasteiger partial charge in [0.05, 0.1) is 12.3 Å². The van der Waals surface area contributed by atoms with Gasteiger partial charge in [-0.1, -0.05) is 24.3 Å². The van der Waals surface area contributed by atoms with E-state index in [2.05, 4.69) is 44.3 Å². The van der Waals surface area contributed by atoms with Gasteiger partial charge in [0, 0.05) is 47.7 Å². The number of nitrogens with zero attached hydrogens (tertiary/aromatic N) is 4. The summed E-state index contributed by atoms with van der Waals surface area (Å²) < 4.78 is 6.01. The molecule has 5 nitrogen and oxygen atoms in total. The van der Waals surface area contributed by atoms with Gasteiger partial charge in [-0.3, -0.25) is 4.98 Å². The molecule has 0 radical (unpaired) electrons. The number of aryl methyl sites for hydroxylation is 2. The average Bonchev–Trinajstić information content (AvgIpc) is 2.67. The molecule has 134 valence electrons. The Morgan fingerprint density at radius 1 is 1.12 bits per heavy atom. The summed E-state index contributed by atoms with van der Waals surface area (Å²) >= 11 is 0. The monoisotopic (exact) mass is 348 g/mol. The zero-order chi connectivity index (χ0) is 17.9. The van der Waals surface area contributed by atoms with E-state index in [0.29, 0.717) is 5.92 Å². The lowest BCUT2D eigenvalue weighted by atomic mass is 9.98. The van der Waals surface area contributed by atoms with Gasteiger partial charge >= 0.3 is 0 Å². The average molecular weight is 348 g/mol. The summed E-state index contributed by atoms with van der Waals surface area (Å²) in [6.07, 6.45) is 4.12. The first-order chi connectivity index (χ1) is 12.7. The van der Waals surface area contributed by atoms with Crippen LogP contribution in [0.3, 0.4) is 0 Å². The number of pyridine rings is 1. The van der Waals surface area contributed by atoms with Gasteiger partial charge in [-0.2, -0.15) is 5.10 Å². The molecule has 1 aliphatic heterocycles. The van der Waals surface area contributed by atoms with Crippen LogP contribution in [0.15, 0.2) is 42.6 Å². The summed E-state index contributed by atoms with van der Waals surface area (Å²) in [4.78, 5) is 6.58. The number of rotatable bonds is 4. The van der Waals surface area contributed by atoms with Gasteiger partial charge in [-0.05, 0) is 32.8 Å². The van der Waals surface area contributed by atoms with E-state index in [-0.39, 0.29) is 0 Å². The molecule has 1 atom stereocenters. The summed E-state index contributed by atoms with van der Waals surface area (Å²) in [6, 6.07) is 12.3. The first-order valence-electron chi connectivity index (χ1n) is 9.23. The predicted molar refractivity (Wildman–Crippen MR) is 104 cm³/mol. The molecule has 2 aromatic heterocycles. The molecule has 3 heterocycles. The number of piperidine rings is 1.